The summed E-state index contributed by atoms with van der Waals surface area (Å²) < 4.78 is 0. The van der Waals surface area contributed by atoms with Gasteiger partial charge in [0.1, 0.15) is 11.5 Å². The minimum absolute atomic E-state index is 0.0217. The first-order valence-corrected chi connectivity index (χ1v) is 5.10. The predicted octanol–water partition coefficient (Wildman–Crippen LogP) is 1.92. The van der Waals surface area contributed by atoms with E-state index in [1.54, 1.807) is 6.07 Å². The molecule has 0 bridgehead atoms. The Kier molecular flexibility index (Phi) is 2.12. The molecule has 2 atom stereocenters. The highest BCUT2D eigenvalue weighted by molar-refractivity contribution is 5.78. The number of phenolic OH excluding ortho intramolecular Hbond substituents is 2. The molecule has 0 amide bonds. The highest BCUT2D eigenvalue weighted by Gasteiger charge is 2.63. The molecule has 0 radical (unpaired) electrons. The summed E-state index contributed by atoms with van der Waals surface area (Å²) in [4.78, 5) is 11.0. The smallest absolute Gasteiger partial charge is 0.307 e. The predicted molar refractivity (Wildman–Crippen MR) is 57.4 cm³/mol. The maximum Gasteiger partial charge on any atom is 0.307 e. The standard InChI is InChI=1S/C12H14O4/c1-12(2)9(10(12)11(15)16)7-4-3-6(13)5-8(7)14/h3-5,9-10,13-14H,1-2H3,(H,15,16). The van der Waals surface area contributed by atoms with Crippen molar-refractivity contribution in [2.45, 2.75) is 19.8 Å². The summed E-state index contributed by atoms with van der Waals surface area (Å²) in [5, 5.41) is 27.9. The first-order valence-electron chi connectivity index (χ1n) is 5.10. The lowest BCUT2D eigenvalue weighted by molar-refractivity contribution is -0.139. The topological polar surface area (TPSA) is 77.8 Å². The van der Waals surface area contributed by atoms with Crippen molar-refractivity contribution in [3.05, 3.63) is 23.8 Å². The number of carbonyl (C=O) groups is 1. The molecule has 1 fully saturated rings. The van der Waals surface area contributed by atoms with E-state index in [2.05, 4.69) is 0 Å². The van der Waals surface area contributed by atoms with Crippen molar-refractivity contribution in [1.29, 1.82) is 0 Å². The number of rotatable bonds is 2. The fourth-order valence-electron chi connectivity index (χ4n) is 2.47. The lowest BCUT2D eigenvalue weighted by Crippen LogP contribution is -2.03. The van der Waals surface area contributed by atoms with Gasteiger partial charge in [-0.3, -0.25) is 4.79 Å². The van der Waals surface area contributed by atoms with Crippen molar-refractivity contribution in [1.82, 2.24) is 0 Å². The number of benzene rings is 1. The molecule has 3 N–H and O–H groups in total. The molecule has 4 heteroatoms. The highest BCUT2D eigenvalue weighted by Crippen LogP contribution is 2.65. The van der Waals surface area contributed by atoms with Gasteiger partial charge in [0.25, 0.3) is 0 Å². The van der Waals surface area contributed by atoms with E-state index in [1.807, 2.05) is 13.8 Å². The van der Waals surface area contributed by atoms with Gasteiger partial charge in [0.15, 0.2) is 0 Å². The Balaban J connectivity index is 2.37. The number of hydrogen-bond acceptors (Lipinski definition) is 3. The summed E-state index contributed by atoms with van der Waals surface area (Å²) in [6.07, 6.45) is 0. The second-order valence-corrected chi connectivity index (χ2v) is 4.86. The third kappa shape index (κ3) is 1.41. The van der Waals surface area contributed by atoms with Crippen LogP contribution in [0.3, 0.4) is 0 Å². The van der Waals surface area contributed by atoms with Gasteiger partial charge in [-0.25, -0.2) is 0 Å². The number of carboxylic acids is 1. The number of hydrogen-bond donors (Lipinski definition) is 3. The molecule has 0 aliphatic heterocycles. The number of aliphatic carboxylic acids is 1. The summed E-state index contributed by atoms with van der Waals surface area (Å²) in [6.45, 7) is 3.73. The summed E-state index contributed by atoms with van der Waals surface area (Å²) in [5.74, 6) is -1.57. The van der Waals surface area contributed by atoms with Crippen LogP contribution in [0.15, 0.2) is 18.2 Å². The molecule has 1 aromatic rings. The van der Waals surface area contributed by atoms with Crippen LogP contribution in [0.1, 0.15) is 25.3 Å². The van der Waals surface area contributed by atoms with E-state index >= 15 is 0 Å². The second-order valence-electron chi connectivity index (χ2n) is 4.86. The van der Waals surface area contributed by atoms with Gasteiger partial charge in [0, 0.05) is 12.0 Å². The Morgan fingerprint density at radius 1 is 1.31 bits per heavy atom. The van der Waals surface area contributed by atoms with Crippen molar-refractivity contribution >= 4 is 5.97 Å². The number of phenols is 2. The summed E-state index contributed by atoms with van der Waals surface area (Å²) in [7, 11) is 0. The fourth-order valence-corrected chi connectivity index (χ4v) is 2.47. The van der Waals surface area contributed by atoms with E-state index in [1.165, 1.54) is 12.1 Å². The van der Waals surface area contributed by atoms with Gasteiger partial charge in [-0.15, -0.1) is 0 Å². The van der Waals surface area contributed by atoms with Crippen LogP contribution in [0.25, 0.3) is 0 Å². The minimum Gasteiger partial charge on any atom is -0.508 e. The van der Waals surface area contributed by atoms with E-state index in [4.69, 9.17) is 10.2 Å². The Hall–Kier alpha value is -1.71. The van der Waals surface area contributed by atoms with Gasteiger partial charge in [-0.1, -0.05) is 19.9 Å². The average molecular weight is 222 g/mol. The lowest BCUT2D eigenvalue weighted by atomic mass is 10.0. The fraction of sp³-hybridized carbons (Fsp3) is 0.417. The van der Waals surface area contributed by atoms with Crippen LogP contribution in [0.5, 0.6) is 11.5 Å². The molecule has 16 heavy (non-hydrogen) atoms. The van der Waals surface area contributed by atoms with E-state index in [9.17, 15) is 9.90 Å². The normalized spacial score (nSPS) is 26.4. The SMILES string of the molecule is CC1(C)C(C(=O)O)C1c1ccc(O)cc1O. The van der Waals surface area contributed by atoms with Crippen LogP contribution in [0.2, 0.25) is 0 Å². The summed E-state index contributed by atoms with van der Waals surface area (Å²) in [5.41, 5.74) is 0.246. The Labute approximate surface area is 93.2 Å². The summed E-state index contributed by atoms with van der Waals surface area (Å²) in [6, 6.07) is 4.28. The maximum absolute atomic E-state index is 11.0. The molecule has 1 aromatic carbocycles. The maximum atomic E-state index is 11.0. The van der Waals surface area contributed by atoms with E-state index in [0.717, 1.165) is 0 Å². The van der Waals surface area contributed by atoms with Gasteiger partial charge < -0.3 is 15.3 Å². The molecule has 2 rings (SSSR count). The third-order valence-corrected chi connectivity index (χ3v) is 3.44. The molecule has 1 saturated carbocycles. The van der Waals surface area contributed by atoms with Crippen LogP contribution < -0.4 is 0 Å². The molecule has 1 aliphatic carbocycles. The minimum atomic E-state index is -0.845. The van der Waals surface area contributed by atoms with Crippen LogP contribution in [-0.2, 0) is 4.79 Å². The number of aromatic hydroxyl groups is 2. The highest BCUT2D eigenvalue weighted by atomic mass is 16.4. The van der Waals surface area contributed by atoms with Crippen LogP contribution in [0.4, 0.5) is 0 Å². The van der Waals surface area contributed by atoms with Gasteiger partial charge in [0.05, 0.1) is 5.92 Å². The van der Waals surface area contributed by atoms with Gasteiger partial charge >= 0.3 is 5.97 Å². The zero-order chi connectivity index (χ0) is 12.1. The van der Waals surface area contributed by atoms with E-state index < -0.39 is 11.9 Å². The molecule has 0 aromatic heterocycles. The van der Waals surface area contributed by atoms with E-state index in [-0.39, 0.29) is 22.8 Å². The van der Waals surface area contributed by atoms with Crippen LogP contribution in [-0.4, -0.2) is 21.3 Å². The zero-order valence-electron chi connectivity index (χ0n) is 9.14. The molecule has 4 nitrogen and oxygen atoms in total. The number of carboxylic acid groups (broad SMARTS) is 1. The first-order chi connectivity index (χ1) is 7.35. The van der Waals surface area contributed by atoms with Crippen molar-refractivity contribution in [3.8, 4) is 11.5 Å². The Bertz CT molecular complexity index is 450. The molecule has 0 saturated heterocycles. The Morgan fingerprint density at radius 3 is 2.38 bits per heavy atom. The van der Waals surface area contributed by atoms with Crippen molar-refractivity contribution in [2.24, 2.45) is 11.3 Å². The molecule has 0 heterocycles. The van der Waals surface area contributed by atoms with Crippen LogP contribution >= 0.6 is 0 Å². The largest absolute Gasteiger partial charge is 0.508 e. The molecule has 2 unspecified atom stereocenters. The lowest BCUT2D eigenvalue weighted by Gasteiger charge is -2.05. The average Bonchev–Trinajstić information content (AvgIpc) is 2.69. The quantitative estimate of drug-likeness (QED) is 0.714. The van der Waals surface area contributed by atoms with Gasteiger partial charge in [-0.2, -0.15) is 0 Å². The van der Waals surface area contributed by atoms with Crippen LogP contribution in [0, 0.1) is 11.3 Å². The summed E-state index contributed by atoms with van der Waals surface area (Å²) >= 11 is 0. The van der Waals surface area contributed by atoms with Crippen molar-refractivity contribution < 1.29 is 20.1 Å². The van der Waals surface area contributed by atoms with Gasteiger partial charge in [0.2, 0.25) is 0 Å². The second kappa shape index (κ2) is 3.14. The third-order valence-electron chi connectivity index (χ3n) is 3.44. The molecule has 86 valence electrons. The molecular formula is C12H14O4. The monoisotopic (exact) mass is 222 g/mol. The molecule has 1 aliphatic rings. The first kappa shape index (κ1) is 10.8. The molecule has 0 spiro atoms. The molecular weight excluding hydrogens is 208 g/mol. The van der Waals surface area contributed by atoms with Crippen molar-refractivity contribution in [3.63, 3.8) is 0 Å². The van der Waals surface area contributed by atoms with Crippen molar-refractivity contribution in [2.75, 3.05) is 0 Å². The Morgan fingerprint density at radius 2 is 1.94 bits per heavy atom. The van der Waals surface area contributed by atoms with E-state index in [0.29, 0.717) is 5.56 Å². The van der Waals surface area contributed by atoms with Gasteiger partial charge in [-0.05, 0) is 17.0 Å². The zero-order valence-corrected chi connectivity index (χ0v) is 9.14.